The molecule has 2 atom stereocenters. The van der Waals surface area contributed by atoms with Crippen LogP contribution in [0.1, 0.15) is 37.7 Å². The Morgan fingerprint density at radius 1 is 1.20 bits per heavy atom. The number of nitrogens with zero attached hydrogens (tertiary/aromatic N) is 3. The second-order valence-corrected chi connectivity index (χ2v) is 6.71. The molecule has 2 heterocycles. The van der Waals surface area contributed by atoms with Gasteiger partial charge in [0.1, 0.15) is 0 Å². The molecule has 4 rings (SSSR count). The van der Waals surface area contributed by atoms with Gasteiger partial charge < -0.3 is 9.47 Å². The van der Waals surface area contributed by atoms with E-state index in [1.165, 1.54) is 44.2 Å². The quantitative estimate of drug-likeness (QED) is 0.793. The number of benzene rings is 1. The molecule has 0 bridgehead atoms. The average molecular weight is 269 g/mol. The Hall–Kier alpha value is -1.35. The molecule has 2 aromatic rings. The van der Waals surface area contributed by atoms with Crippen molar-refractivity contribution >= 4 is 11.0 Å². The number of likely N-dealkylation sites (N-methyl/N-ethyl adjacent to an activating group) is 1. The van der Waals surface area contributed by atoms with Crippen LogP contribution in [0.3, 0.4) is 0 Å². The van der Waals surface area contributed by atoms with Gasteiger partial charge in [0, 0.05) is 18.5 Å². The predicted octanol–water partition coefficient (Wildman–Crippen LogP) is 3.09. The van der Waals surface area contributed by atoms with Gasteiger partial charge in [0.15, 0.2) is 0 Å². The fourth-order valence-corrected chi connectivity index (χ4v) is 4.60. The van der Waals surface area contributed by atoms with E-state index in [1.807, 2.05) is 6.33 Å². The first-order valence-electron chi connectivity index (χ1n) is 7.82. The number of likely N-dealkylation sites (tertiary alicyclic amines) is 1. The molecule has 0 spiro atoms. The van der Waals surface area contributed by atoms with Gasteiger partial charge in [0.05, 0.1) is 17.4 Å². The molecule has 0 unspecified atom stereocenters. The lowest BCUT2D eigenvalue weighted by molar-refractivity contribution is 0.182. The minimum atomic E-state index is 0.394. The first-order valence-corrected chi connectivity index (χ1v) is 7.82. The normalized spacial score (nSPS) is 30.8. The molecule has 1 saturated carbocycles. The third kappa shape index (κ3) is 1.59. The lowest BCUT2D eigenvalue weighted by Crippen LogP contribution is -2.43. The highest BCUT2D eigenvalue weighted by Gasteiger charge is 2.48. The fraction of sp³-hybridized carbons (Fsp3) is 0.588. The molecule has 20 heavy (non-hydrogen) atoms. The Kier molecular flexibility index (Phi) is 2.68. The largest absolute Gasteiger partial charge is 0.334 e. The number of aromatic nitrogens is 2. The molecule has 3 nitrogen and oxygen atoms in total. The van der Waals surface area contributed by atoms with Crippen LogP contribution in [0.5, 0.6) is 0 Å². The first-order chi connectivity index (χ1) is 9.71. The number of imidazole rings is 1. The summed E-state index contributed by atoms with van der Waals surface area (Å²) < 4.78 is 2.14. The van der Waals surface area contributed by atoms with Crippen molar-refractivity contribution in [1.82, 2.24) is 14.5 Å². The number of fused-ring (bicyclic) bond motifs is 2. The average Bonchev–Trinajstić information content (AvgIpc) is 3.02. The topological polar surface area (TPSA) is 21.1 Å². The zero-order chi connectivity index (χ0) is 13.7. The molecule has 0 amide bonds. The summed E-state index contributed by atoms with van der Waals surface area (Å²) in [5.41, 5.74) is 4.33. The highest BCUT2D eigenvalue weighted by atomic mass is 15.2. The number of hydrogen-bond acceptors (Lipinski definition) is 2. The van der Waals surface area contributed by atoms with Gasteiger partial charge in [-0.25, -0.2) is 4.98 Å². The molecule has 106 valence electrons. The zero-order valence-electron chi connectivity index (χ0n) is 12.5. The maximum Gasteiger partial charge on any atom is 0.0955 e. The third-order valence-electron chi connectivity index (χ3n) is 5.73. The van der Waals surface area contributed by atoms with Gasteiger partial charge in [-0.1, -0.05) is 18.9 Å². The van der Waals surface area contributed by atoms with Crippen molar-refractivity contribution in [2.75, 3.05) is 13.6 Å². The fourth-order valence-electron chi connectivity index (χ4n) is 4.60. The van der Waals surface area contributed by atoms with Crippen LogP contribution in [-0.4, -0.2) is 34.1 Å². The molecule has 0 N–H and O–H groups in total. The second kappa shape index (κ2) is 4.32. The standard InChI is InChI=1S/C17H23N3/c1-19-10-9-17(8-4-3-5-16(17)19)13-6-7-14-15(11-13)20(2)12-18-14/h6-7,11-12,16H,3-5,8-10H2,1-2H3/t16-,17-/m1/s1. The Labute approximate surface area is 120 Å². The summed E-state index contributed by atoms with van der Waals surface area (Å²) >= 11 is 0. The lowest BCUT2D eigenvalue weighted by atomic mass is 9.66. The molecule has 1 aromatic carbocycles. The Morgan fingerprint density at radius 3 is 3.00 bits per heavy atom. The van der Waals surface area contributed by atoms with Gasteiger partial charge in [-0.15, -0.1) is 0 Å². The highest BCUT2D eigenvalue weighted by Crippen LogP contribution is 2.48. The molecular formula is C17H23N3. The Morgan fingerprint density at radius 2 is 2.10 bits per heavy atom. The molecule has 2 fully saturated rings. The Balaban J connectivity index is 1.85. The van der Waals surface area contributed by atoms with Gasteiger partial charge in [-0.3, -0.25) is 0 Å². The van der Waals surface area contributed by atoms with Crippen LogP contribution in [-0.2, 0) is 12.5 Å². The minimum Gasteiger partial charge on any atom is -0.334 e. The van der Waals surface area contributed by atoms with E-state index in [0.717, 1.165) is 11.6 Å². The molecule has 1 aliphatic heterocycles. The van der Waals surface area contributed by atoms with E-state index in [9.17, 15) is 0 Å². The summed E-state index contributed by atoms with van der Waals surface area (Å²) in [6.45, 7) is 1.24. The van der Waals surface area contributed by atoms with Gasteiger partial charge in [-0.2, -0.15) is 0 Å². The van der Waals surface area contributed by atoms with E-state index in [0.29, 0.717) is 5.41 Å². The van der Waals surface area contributed by atoms with Crippen LogP contribution in [0.2, 0.25) is 0 Å². The van der Waals surface area contributed by atoms with Gasteiger partial charge >= 0.3 is 0 Å². The molecule has 2 aliphatic rings. The van der Waals surface area contributed by atoms with E-state index in [2.05, 4.69) is 46.7 Å². The van der Waals surface area contributed by atoms with E-state index in [4.69, 9.17) is 0 Å². The molecule has 1 aromatic heterocycles. The smallest absolute Gasteiger partial charge is 0.0955 e. The van der Waals surface area contributed by atoms with E-state index >= 15 is 0 Å². The molecular weight excluding hydrogens is 246 g/mol. The van der Waals surface area contributed by atoms with Crippen molar-refractivity contribution in [3.8, 4) is 0 Å². The van der Waals surface area contributed by atoms with Crippen LogP contribution in [0.25, 0.3) is 11.0 Å². The number of rotatable bonds is 1. The van der Waals surface area contributed by atoms with Crippen molar-refractivity contribution in [2.45, 2.75) is 43.6 Å². The molecule has 1 saturated heterocycles. The van der Waals surface area contributed by atoms with Crippen LogP contribution in [0.15, 0.2) is 24.5 Å². The Bertz CT molecular complexity index is 641. The van der Waals surface area contributed by atoms with Crippen molar-refractivity contribution in [2.24, 2.45) is 7.05 Å². The second-order valence-electron chi connectivity index (χ2n) is 6.71. The van der Waals surface area contributed by atoms with Crippen molar-refractivity contribution in [1.29, 1.82) is 0 Å². The summed E-state index contributed by atoms with van der Waals surface area (Å²) in [6.07, 6.45) is 8.73. The van der Waals surface area contributed by atoms with Crippen LogP contribution < -0.4 is 0 Å². The third-order valence-corrected chi connectivity index (χ3v) is 5.73. The maximum absolute atomic E-state index is 4.46. The summed E-state index contributed by atoms with van der Waals surface area (Å²) in [6, 6.07) is 7.69. The summed E-state index contributed by atoms with van der Waals surface area (Å²) in [7, 11) is 4.40. The van der Waals surface area contributed by atoms with Crippen molar-refractivity contribution in [3.63, 3.8) is 0 Å². The highest BCUT2D eigenvalue weighted by molar-refractivity contribution is 5.76. The summed E-state index contributed by atoms with van der Waals surface area (Å²) in [5.74, 6) is 0. The lowest BCUT2D eigenvalue weighted by Gasteiger charge is -2.41. The molecule has 1 aliphatic carbocycles. The molecule has 0 radical (unpaired) electrons. The van der Waals surface area contributed by atoms with E-state index in [1.54, 1.807) is 5.56 Å². The van der Waals surface area contributed by atoms with E-state index < -0.39 is 0 Å². The monoisotopic (exact) mass is 269 g/mol. The molecule has 3 heteroatoms. The summed E-state index contributed by atoms with van der Waals surface area (Å²) in [4.78, 5) is 7.05. The van der Waals surface area contributed by atoms with Crippen molar-refractivity contribution in [3.05, 3.63) is 30.1 Å². The van der Waals surface area contributed by atoms with Crippen molar-refractivity contribution < 1.29 is 0 Å². The van der Waals surface area contributed by atoms with Crippen LogP contribution in [0, 0.1) is 0 Å². The minimum absolute atomic E-state index is 0.394. The number of hydrogen-bond donors (Lipinski definition) is 0. The predicted molar refractivity (Wildman–Crippen MR) is 81.9 cm³/mol. The summed E-state index contributed by atoms with van der Waals surface area (Å²) in [5, 5.41) is 0. The van der Waals surface area contributed by atoms with Gasteiger partial charge in [0.2, 0.25) is 0 Å². The van der Waals surface area contributed by atoms with E-state index in [-0.39, 0.29) is 0 Å². The zero-order valence-corrected chi connectivity index (χ0v) is 12.5. The SMILES string of the molecule is CN1CC[C@@]2(c3ccc4ncn(C)c4c3)CCCC[C@@H]12. The van der Waals surface area contributed by atoms with Gasteiger partial charge in [0.25, 0.3) is 0 Å². The first kappa shape index (κ1) is 12.4. The number of aryl methyl sites for hydroxylation is 1. The van der Waals surface area contributed by atoms with Crippen LogP contribution in [0.4, 0.5) is 0 Å². The van der Waals surface area contributed by atoms with Gasteiger partial charge in [-0.05, 0) is 50.6 Å². The van der Waals surface area contributed by atoms with Crippen LogP contribution >= 0.6 is 0 Å². The maximum atomic E-state index is 4.46.